The average molecular weight is 520 g/mol. The lowest BCUT2D eigenvalue weighted by Gasteiger charge is -2.30. The minimum Gasteiger partial charge on any atom is -0.444 e. The first-order valence-electron chi connectivity index (χ1n) is 12.0. The fourth-order valence-electron chi connectivity index (χ4n) is 3.63. The number of carbonyl (C=O) groups is 1. The van der Waals surface area contributed by atoms with Crippen LogP contribution in [0.5, 0.6) is 0 Å². The Kier molecular flexibility index (Phi) is 8.35. The van der Waals surface area contributed by atoms with Crippen molar-refractivity contribution in [1.82, 2.24) is 30.0 Å². The molecule has 0 spiro atoms. The molecule has 0 aliphatic carbocycles. The van der Waals surface area contributed by atoms with Crippen molar-refractivity contribution in [3.8, 4) is 11.5 Å². The monoisotopic (exact) mass is 519 g/mol. The summed E-state index contributed by atoms with van der Waals surface area (Å²) in [6, 6.07) is 18.7. The summed E-state index contributed by atoms with van der Waals surface area (Å²) >= 11 is 6.09. The molecular formula is C27H30ClN7O2. The second-order valence-electron chi connectivity index (χ2n) is 9.50. The number of amides is 1. The molecule has 4 rings (SSSR count). The molecule has 1 unspecified atom stereocenters. The third-order valence-electron chi connectivity index (χ3n) is 5.40. The summed E-state index contributed by atoms with van der Waals surface area (Å²) in [6.07, 6.45) is 3.36. The van der Waals surface area contributed by atoms with Crippen molar-refractivity contribution in [2.75, 3.05) is 18.4 Å². The molecule has 2 aromatic heterocycles. The summed E-state index contributed by atoms with van der Waals surface area (Å²) in [7, 11) is 0. The Bertz CT molecular complexity index is 1280. The molecule has 0 radical (unpaired) electrons. The van der Waals surface area contributed by atoms with Gasteiger partial charge in [-0.1, -0.05) is 41.9 Å². The van der Waals surface area contributed by atoms with E-state index in [1.165, 1.54) is 6.33 Å². The van der Waals surface area contributed by atoms with Gasteiger partial charge >= 0.3 is 6.09 Å². The number of nitrogens with zero attached hydrogens (tertiary/aromatic N) is 5. The van der Waals surface area contributed by atoms with Crippen molar-refractivity contribution in [1.29, 1.82) is 0 Å². The first-order valence-corrected chi connectivity index (χ1v) is 12.4. The van der Waals surface area contributed by atoms with Gasteiger partial charge in [0.1, 0.15) is 29.5 Å². The lowest BCUT2D eigenvalue weighted by molar-refractivity contribution is 0.0243. The van der Waals surface area contributed by atoms with Gasteiger partial charge in [-0.2, -0.15) is 5.10 Å². The maximum absolute atomic E-state index is 13.3. The zero-order valence-electron chi connectivity index (χ0n) is 21.1. The summed E-state index contributed by atoms with van der Waals surface area (Å²) < 4.78 is 5.74. The van der Waals surface area contributed by atoms with Gasteiger partial charge in [0.2, 0.25) is 0 Å². The zero-order chi connectivity index (χ0) is 26.3. The zero-order valence-corrected chi connectivity index (χ0v) is 21.8. The molecular weight excluding hydrogens is 490 g/mol. The molecule has 1 amide bonds. The fourth-order valence-corrected chi connectivity index (χ4v) is 3.75. The van der Waals surface area contributed by atoms with Crippen LogP contribution in [0.2, 0.25) is 5.02 Å². The highest BCUT2D eigenvalue weighted by Gasteiger charge is 2.27. The highest BCUT2D eigenvalue weighted by atomic mass is 35.5. The first kappa shape index (κ1) is 26.1. The summed E-state index contributed by atoms with van der Waals surface area (Å²) in [5, 5.41) is 11.4. The van der Waals surface area contributed by atoms with Gasteiger partial charge in [-0.05, 0) is 63.1 Å². The highest BCUT2D eigenvalue weighted by Crippen LogP contribution is 2.23. The van der Waals surface area contributed by atoms with Crippen molar-refractivity contribution >= 4 is 23.4 Å². The van der Waals surface area contributed by atoms with Crippen LogP contribution in [0, 0.1) is 0 Å². The fraction of sp³-hybridized carbons (Fsp3) is 0.296. The van der Waals surface area contributed by atoms with Crippen LogP contribution in [0.4, 0.5) is 10.5 Å². The number of rotatable bonds is 9. The number of carbonyl (C=O) groups excluding carboxylic acids is 1. The standard InChI is InChI=1S/C27H30ClN7O2/c1-27(2,3)37-26(36)35(16-14-19-7-5-4-6-8-19)17-23(31-21-11-9-20(28)10-12-21)25-32-24(33-34-25)22-13-15-29-18-30-22/h4-13,15,18,23,31H,14,16-17H2,1-3H3,(H,32,33,34). The van der Waals surface area contributed by atoms with Gasteiger partial charge in [0.25, 0.3) is 0 Å². The van der Waals surface area contributed by atoms with E-state index in [-0.39, 0.29) is 6.54 Å². The van der Waals surface area contributed by atoms with Crippen LogP contribution < -0.4 is 5.32 Å². The normalized spacial score (nSPS) is 12.1. The average Bonchev–Trinajstić information content (AvgIpc) is 3.37. The number of ether oxygens (including phenoxy) is 1. The molecule has 0 saturated carbocycles. The third-order valence-corrected chi connectivity index (χ3v) is 5.65. The lowest BCUT2D eigenvalue weighted by Crippen LogP contribution is -2.41. The molecule has 2 heterocycles. The quantitative estimate of drug-likeness (QED) is 0.298. The van der Waals surface area contributed by atoms with E-state index >= 15 is 0 Å². The van der Waals surface area contributed by atoms with Crippen molar-refractivity contribution in [3.63, 3.8) is 0 Å². The van der Waals surface area contributed by atoms with Crippen LogP contribution in [0.1, 0.15) is 38.2 Å². The van der Waals surface area contributed by atoms with Gasteiger partial charge in [-0.25, -0.2) is 19.7 Å². The number of H-pyrrole nitrogens is 1. The molecule has 0 bridgehead atoms. The molecule has 0 saturated heterocycles. The number of benzene rings is 2. The van der Waals surface area contributed by atoms with E-state index < -0.39 is 17.7 Å². The number of hydrogen-bond acceptors (Lipinski definition) is 7. The number of anilines is 1. The van der Waals surface area contributed by atoms with E-state index in [0.29, 0.717) is 35.3 Å². The van der Waals surface area contributed by atoms with Crippen molar-refractivity contribution in [3.05, 3.63) is 89.6 Å². The molecule has 10 heteroatoms. The smallest absolute Gasteiger partial charge is 0.410 e. The summed E-state index contributed by atoms with van der Waals surface area (Å²) in [6.45, 7) is 6.31. The maximum atomic E-state index is 13.3. The Morgan fingerprint density at radius 3 is 2.54 bits per heavy atom. The molecule has 0 aliphatic rings. The van der Waals surface area contributed by atoms with Crippen molar-refractivity contribution in [2.24, 2.45) is 0 Å². The number of hydrogen-bond donors (Lipinski definition) is 2. The highest BCUT2D eigenvalue weighted by molar-refractivity contribution is 6.30. The Labute approximate surface area is 221 Å². The van der Waals surface area contributed by atoms with Crippen LogP contribution in [0.15, 0.2) is 73.2 Å². The number of halogens is 1. The molecule has 2 N–H and O–H groups in total. The molecule has 4 aromatic rings. The minimum atomic E-state index is -0.631. The van der Waals surface area contributed by atoms with Crippen LogP contribution in [-0.2, 0) is 11.2 Å². The van der Waals surface area contributed by atoms with Gasteiger partial charge in [0.15, 0.2) is 5.82 Å². The van der Waals surface area contributed by atoms with Crippen LogP contribution in [-0.4, -0.2) is 54.8 Å². The van der Waals surface area contributed by atoms with Crippen molar-refractivity contribution in [2.45, 2.75) is 38.8 Å². The van der Waals surface area contributed by atoms with E-state index in [1.807, 2.05) is 63.2 Å². The van der Waals surface area contributed by atoms with Gasteiger partial charge in [0, 0.05) is 23.5 Å². The molecule has 2 aromatic carbocycles. The number of nitrogens with one attached hydrogen (secondary N) is 2. The SMILES string of the molecule is CC(C)(C)OC(=O)N(CCc1ccccc1)CC(Nc1ccc(Cl)cc1)c1nc(-c2ccncn2)n[nH]1. The van der Waals surface area contributed by atoms with Crippen LogP contribution >= 0.6 is 11.6 Å². The van der Waals surface area contributed by atoms with E-state index in [0.717, 1.165) is 11.3 Å². The number of aromatic amines is 1. The predicted octanol–water partition coefficient (Wildman–Crippen LogP) is 5.55. The van der Waals surface area contributed by atoms with Gasteiger partial charge in [0.05, 0.1) is 6.54 Å². The van der Waals surface area contributed by atoms with Crippen LogP contribution in [0.3, 0.4) is 0 Å². The molecule has 9 nitrogen and oxygen atoms in total. The molecule has 0 fully saturated rings. The van der Waals surface area contributed by atoms with E-state index in [2.05, 4.69) is 30.5 Å². The topological polar surface area (TPSA) is 109 Å². The summed E-state index contributed by atoms with van der Waals surface area (Å²) in [5.74, 6) is 0.991. The molecule has 1 atom stereocenters. The minimum absolute atomic E-state index is 0.281. The Hall–Kier alpha value is -3.98. The third kappa shape index (κ3) is 7.75. The summed E-state index contributed by atoms with van der Waals surface area (Å²) in [5.41, 5.74) is 1.91. The Balaban J connectivity index is 1.62. The molecule has 37 heavy (non-hydrogen) atoms. The van der Waals surface area contributed by atoms with Crippen molar-refractivity contribution < 1.29 is 9.53 Å². The summed E-state index contributed by atoms with van der Waals surface area (Å²) in [4.78, 5) is 27.8. The second-order valence-corrected chi connectivity index (χ2v) is 9.94. The molecule has 0 aliphatic heterocycles. The maximum Gasteiger partial charge on any atom is 0.410 e. The van der Waals surface area contributed by atoms with Crippen LogP contribution in [0.25, 0.3) is 11.5 Å². The van der Waals surface area contributed by atoms with E-state index in [4.69, 9.17) is 16.3 Å². The van der Waals surface area contributed by atoms with E-state index in [1.54, 1.807) is 29.3 Å². The van der Waals surface area contributed by atoms with Gasteiger partial charge < -0.3 is 15.0 Å². The number of aromatic nitrogens is 5. The molecule has 192 valence electrons. The van der Waals surface area contributed by atoms with Gasteiger partial charge in [-0.3, -0.25) is 5.10 Å². The Morgan fingerprint density at radius 1 is 1.11 bits per heavy atom. The predicted molar refractivity (Wildman–Crippen MR) is 143 cm³/mol. The lowest BCUT2D eigenvalue weighted by atomic mass is 10.1. The largest absolute Gasteiger partial charge is 0.444 e. The van der Waals surface area contributed by atoms with Gasteiger partial charge in [-0.15, -0.1) is 0 Å². The van der Waals surface area contributed by atoms with E-state index in [9.17, 15) is 4.79 Å². The first-order chi connectivity index (χ1) is 17.8. The second kappa shape index (κ2) is 11.8. The Morgan fingerprint density at radius 2 is 1.86 bits per heavy atom.